The van der Waals surface area contributed by atoms with Crippen molar-refractivity contribution in [3.05, 3.63) is 59.2 Å². The van der Waals surface area contributed by atoms with Crippen LogP contribution in [-0.2, 0) is 0 Å². The summed E-state index contributed by atoms with van der Waals surface area (Å²) in [7, 11) is 0.221. The van der Waals surface area contributed by atoms with Crippen LogP contribution in [0.3, 0.4) is 0 Å². The Kier molecular flexibility index (Phi) is 4.30. The molecule has 0 spiro atoms. The van der Waals surface area contributed by atoms with Crippen LogP contribution in [0, 0.1) is 34.9 Å². The smallest absolute Gasteiger partial charge is 0.522 e. The number of rotatable bonds is 4. The molecule has 109 valence electrons. The summed E-state index contributed by atoms with van der Waals surface area (Å²) in [6.07, 6.45) is 0. The Morgan fingerprint density at radius 2 is 0.857 bits per heavy atom. The topological polar surface area (TPSA) is 18.5 Å². The van der Waals surface area contributed by atoms with Gasteiger partial charge in [-0.15, -0.1) is 0 Å². The second kappa shape index (κ2) is 5.98. The van der Waals surface area contributed by atoms with E-state index >= 15 is 0 Å². The first-order chi connectivity index (χ1) is 9.88. The first kappa shape index (κ1) is 15.1. The van der Waals surface area contributed by atoms with Gasteiger partial charge in [0.15, 0.2) is 34.8 Å². The normalized spacial score (nSPS) is 10.4. The lowest BCUT2D eigenvalue weighted by Gasteiger charge is -2.09. The van der Waals surface area contributed by atoms with Crippen molar-refractivity contribution < 1.29 is 35.7 Å². The van der Waals surface area contributed by atoms with Gasteiger partial charge >= 0.3 is 7.69 Å². The molecule has 2 aromatic rings. The molecule has 0 heterocycles. The molecule has 2 rings (SSSR count). The average molecular weight is 305 g/mol. The molecule has 9 heteroatoms. The van der Waals surface area contributed by atoms with Crippen LogP contribution >= 0.6 is 0 Å². The van der Waals surface area contributed by atoms with Gasteiger partial charge in [-0.3, -0.25) is 0 Å². The summed E-state index contributed by atoms with van der Waals surface area (Å²) < 4.78 is 86.7. The van der Waals surface area contributed by atoms with Gasteiger partial charge in [-0.25, -0.2) is 26.3 Å². The van der Waals surface area contributed by atoms with E-state index in [2.05, 4.69) is 9.31 Å². The number of halogens is 6. The minimum absolute atomic E-state index is 0.221. The van der Waals surface area contributed by atoms with E-state index in [-0.39, 0.29) is 7.69 Å². The maximum absolute atomic E-state index is 13.2. The molecule has 0 saturated carbocycles. The molecule has 0 aliphatic heterocycles. The van der Waals surface area contributed by atoms with Crippen molar-refractivity contribution in [2.24, 2.45) is 0 Å². The number of hydrogen-bond acceptors (Lipinski definition) is 2. The van der Waals surface area contributed by atoms with E-state index in [1.165, 1.54) is 0 Å². The fourth-order valence-electron chi connectivity index (χ4n) is 1.40. The summed E-state index contributed by atoms with van der Waals surface area (Å²) in [5.74, 6) is -9.93. The lowest BCUT2D eigenvalue weighted by atomic mass is 10.2. The summed E-state index contributed by atoms with van der Waals surface area (Å²) in [6.45, 7) is 0. The van der Waals surface area contributed by atoms with E-state index in [0.29, 0.717) is 24.3 Å². The zero-order valence-electron chi connectivity index (χ0n) is 9.97. The highest BCUT2D eigenvalue weighted by atomic mass is 19.2. The van der Waals surface area contributed by atoms with Crippen LogP contribution in [0.2, 0.25) is 0 Å². The molecule has 0 amide bonds. The molecule has 0 aliphatic rings. The van der Waals surface area contributed by atoms with E-state index in [9.17, 15) is 26.3 Å². The van der Waals surface area contributed by atoms with Crippen molar-refractivity contribution in [3.63, 3.8) is 0 Å². The lowest BCUT2D eigenvalue weighted by Crippen LogP contribution is -2.15. The molecule has 21 heavy (non-hydrogen) atoms. The lowest BCUT2D eigenvalue weighted by molar-refractivity contribution is 0.383. The van der Waals surface area contributed by atoms with E-state index in [4.69, 9.17) is 0 Å². The summed E-state index contributed by atoms with van der Waals surface area (Å²) in [4.78, 5) is 0. The van der Waals surface area contributed by atoms with Gasteiger partial charge < -0.3 is 9.31 Å². The third-order valence-corrected chi connectivity index (χ3v) is 2.26. The second-order valence-electron chi connectivity index (χ2n) is 3.73. The monoisotopic (exact) mass is 305 g/mol. The van der Waals surface area contributed by atoms with Gasteiger partial charge in [0.1, 0.15) is 11.6 Å². The first-order valence-electron chi connectivity index (χ1n) is 5.32. The number of hydrogen-bond donors (Lipinski definition) is 0. The first-order valence-corrected chi connectivity index (χ1v) is 5.32. The van der Waals surface area contributed by atoms with Crippen LogP contribution in [0.4, 0.5) is 26.3 Å². The van der Waals surface area contributed by atoms with E-state index in [1.54, 1.807) is 0 Å². The predicted molar refractivity (Wildman–Crippen MR) is 59.6 cm³/mol. The van der Waals surface area contributed by atoms with Crippen molar-refractivity contribution in [2.75, 3.05) is 0 Å². The third-order valence-electron chi connectivity index (χ3n) is 2.26. The summed E-state index contributed by atoms with van der Waals surface area (Å²) in [5.41, 5.74) is 0. The van der Waals surface area contributed by atoms with Crippen LogP contribution < -0.4 is 9.31 Å². The zero-order valence-corrected chi connectivity index (χ0v) is 9.97. The van der Waals surface area contributed by atoms with Crippen LogP contribution in [-0.4, -0.2) is 7.69 Å². The molecule has 0 saturated heterocycles. The molecule has 2 nitrogen and oxygen atoms in total. The van der Waals surface area contributed by atoms with Crippen LogP contribution in [0.1, 0.15) is 0 Å². The van der Waals surface area contributed by atoms with E-state index < -0.39 is 46.4 Å². The maximum Gasteiger partial charge on any atom is 0.658 e. The summed E-state index contributed by atoms with van der Waals surface area (Å²) in [6, 6.07) is 1.35. The quantitative estimate of drug-likeness (QED) is 0.636. The van der Waals surface area contributed by atoms with Crippen molar-refractivity contribution in [1.82, 2.24) is 0 Å². The van der Waals surface area contributed by atoms with Crippen molar-refractivity contribution in [2.45, 2.75) is 0 Å². The number of benzene rings is 2. The zero-order chi connectivity index (χ0) is 15.6. The highest BCUT2D eigenvalue weighted by Crippen LogP contribution is 2.24. The fourth-order valence-corrected chi connectivity index (χ4v) is 1.40. The molecule has 0 aliphatic carbocycles. The van der Waals surface area contributed by atoms with Crippen LogP contribution in [0.15, 0.2) is 24.3 Å². The molecule has 0 bridgehead atoms. The summed E-state index contributed by atoms with van der Waals surface area (Å²) in [5, 5.41) is 0. The highest BCUT2D eigenvalue weighted by Gasteiger charge is 2.18. The average Bonchev–Trinajstić information content (AvgIpc) is 2.34. The molecule has 0 aromatic heterocycles. The molecule has 2 aromatic carbocycles. The molecule has 1 radical (unpaired) electrons. The van der Waals surface area contributed by atoms with Crippen LogP contribution in [0.25, 0.3) is 0 Å². The Morgan fingerprint density at radius 3 is 1.14 bits per heavy atom. The standard InChI is InChI=1S/C12H4BF6O2/c14-5-1-7(16)11(8(17)2-5)20-13-21-12-9(18)3-6(15)4-10(12)19/h1-4H. The summed E-state index contributed by atoms with van der Waals surface area (Å²) >= 11 is 0. The van der Waals surface area contributed by atoms with E-state index in [0.717, 1.165) is 0 Å². The molecule has 0 atom stereocenters. The minimum Gasteiger partial charge on any atom is -0.522 e. The Labute approximate surface area is 115 Å². The molecule has 0 fully saturated rings. The Hall–Kier alpha value is -2.32. The van der Waals surface area contributed by atoms with E-state index in [1.807, 2.05) is 0 Å². The second-order valence-corrected chi connectivity index (χ2v) is 3.73. The maximum atomic E-state index is 13.2. The molecule has 0 N–H and O–H groups in total. The van der Waals surface area contributed by atoms with Crippen molar-refractivity contribution in [1.29, 1.82) is 0 Å². The van der Waals surface area contributed by atoms with Gasteiger partial charge in [0.2, 0.25) is 0 Å². The largest absolute Gasteiger partial charge is 0.658 e. The fraction of sp³-hybridized carbons (Fsp3) is 0. The Bertz CT molecular complexity index is 575. The van der Waals surface area contributed by atoms with Crippen molar-refractivity contribution >= 4 is 7.69 Å². The van der Waals surface area contributed by atoms with Gasteiger partial charge in [0.25, 0.3) is 0 Å². The van der Waals surface area contributed by atoms with Gasteiger partial charge in [-0.05, 0) is 0 Å². The van der Waals surface area contributed by atoms with Crippen LogP contribution in [0.5, 0.6) is 11.5 Å². The van der Waals surface area contributed by atoms with Crippen molar-refractivity contribution in [3.8, 4) is 11.5 Å². The van der Waals surface area contributed by atoms with Gasteiger partial charge in [-0.1, -0.05) is 0 Å². The minimum atomic E-state index is -1.38. The molecule has 0 unspecified atom stereocenters. The Morgan fingerprint density at radius 1 is 0.571 bits per heavy atom. The van der Waals surface area contributed by atoms with Gasteiger partial charge in [-0.2, -0.15) is 0 Å². The Balaban J connectivity index is 2.09. The highest BCUT2D eigenvalue weighted by molar-refractivity contribution is 6.20. The molecular formula is C12H4BF6O2. The third kappa shape index (κ3) is 3.42. The SMILES string of the molecule is Fc1cc(F)c(O[B]Oc2c(F)cc(F)cc2F)c(F)c1. The van der Waals surface area contributed by atoms with Gasteiger partial charge in [0, 0.05) is 24.3 Å². The van der Waals surface area contributed by atoms with Gasteiger partial charge in [0.05, 0.1) is 0 Å². The molecular weight excluding hydrogens is 301 g/mol. The predicted octanol–water partition coefficient (Wildman–Crippen LogP) is 3.51.